The van der Waals surface area contributed by atoms with Gasteiger partial charge in [0, 0.05) is 12.2 Å². The maximum atomic E-state index is 8.52. The molecule has 78 valence electrons. The molecule has 2 heteroatoms. The van der Waals surface area contributed by atoms with Crippen molar-refractivity contribution < 1.29 is 0 Å². The molecule has 0 heterocycles. The van der Waals surface area contributed by atoms with E-state index >= 15 is 0 Å². The summed E-state index contributed by atoms with van der Waals surface area (Å²) < 4.78 is 0. The Morgan fingerprint density at radius 1 is 1.40 bits per heavy atom. The van der Waals surface area contributed by atoms with Crippen LogP contribution in [0.25, 0.3) is 0 Å². The van der Waals surface area contributed by atoms with Gasteiger partial charge >= 0.3 is 0 Å². The highest BCUT2D eigenvalue weighted by molar-refractivity contribution is 5.45. The molecule has 0 amide bonds. The molecule has 15 heavy (non-hydrogen) atoms. The molecule has 1 aromatic carbocycles. The Hall–Kier alpha value is -1.75. The first kappa shape index (κ1) is 11.3. The van der Waals surface area contributed by atoms with Gasteiger partial charge in [-0.2, -0.15) is 5.26 Å². The summed E-state index contributed by atoms with van der Waals surface area (Å²) >= 11 is 0. The molecule has 2 nitrogen and oxygen atoms in total. The number of hydrogen-bond donors (Lipinski definition) is 1. The SMILES string of the molecule is C=C(C)CCNc1ccc(CC#N)cc1. The average molecular weight is 200 g/mol. The van der Waals surface area contributed by atoms with Crippen LogP contribution < -0.4 is 5.32 Å². The van der Waals surface area contributed by atoms with Crippen LogP contribution in [0.1, 0.15) is 18.9 Å². The fraction of sp³-hybridized carbons (Fsp3) is 0.308. The zero-order chi connectivity index (χ0) is 11.1. The normalized spacial score (nSPS) is 9.33. The highest BCUT2D eigenvalue weighted by Gasteiger charge is 1.93. The van der Waals surface area contributed by atoms with Crippen LogP contribution in [0.5, 0.6) is 0 Å². The Morgan fingerprint density at radius 3 is 2.60 bits per heavy atom. The molecule has 0 atom stereocenters. The fourth-order valence-electron chi connectivity index (χ4n) is 1.25. The Bertz CT molecular complexity index is 357. The number of nitrogens with zero attached hydrogens (tertiary/aromatic N) is 1. The third-order valence-electron chi connectivity index (χ3n) is 2.12. The van der Waals surface area contributed by atoms with Gasteiger partial charge in [-0.05, 0) is 31.0 Å². The molecule has 0 radical (unpaired) electrons. The van der Waals surface area contributed by atoms with Gasteiger partial charge < -0.3 is 5.32 Å². The number of rotatable bonds is 5. The van der Waals surface area contributed by atoms with E-state index in [0.717, 1.165) is 24.2 Å². The third-order valence-corrected chi connectivity index (χ3v) is 2.12. The first-order chi connectivity index (χ1) is 7.22. The molecule has 0 aliphatic heterocycles. The lowest BCUT2D eigenvalue weighted by atomic mass is 10.1. The zero-order valence-electron chi connectivity index (χ0n) is 9.09. The lowest BCUT2D eigenvalue weighted by Gasteiger charge is -2.06. The molecular weight excluding hydrogens is 184 g/mol. The monoisotopic (exact) mass is 200 g/mol. The van der Waals surface area contributed by atoms with Gasteiger partial charge in [0.1, 0.15) is 0 Å². The standard InChI is InChI=1S/C13H16N2/c1-11(2)8-10-15-13-5-3-12(4-6-13)7-9-14/h3-6,15H,1,7-8,10H2,2H3. The van der Waals surface area contributed by atoms with Crippen molar-refractivity contribution in [2.24, 2.45) is 0 Å². The van der Waals surface area contributed by atoms with Crippen LogP contribution in [0.4, 0.5) is 5.69 Å². The van der Waals surface area contributed by atoms with Crippen molar-refractivity contribution in [3.05, 3.63) is 42.0 Å². The van der Waals surface area contributed by atoms with Gasteiger partial charge in [-0.15, -0.1) is 6.58 Å². The molecule has 0 spiro atoms. The van der Waals surface area contributed by atoms with Crippen molar-refractivity contribution in [1.82, 2.24) is 0 Å². The molecular formula is C13H16N2. The summed E-state index contributed by atoms with van der Waals surface area (Å²) in [5.41, 5.74) is 3.34. The largest absolute Gasteiger partial charge is 0.385 e. The second kappa shape index (κ2) is 5.87. The maximum Gasteiger partial charge on any atom is 0.0669 e. The van der Waals surface area contributed by atoms with Gasteiger partial charge in [0.2, 0.25) is 0 Å². The summed E-state index contributed by atoms with van der Waals surface area (Å²) in [6.45, 7) is 6.78. The Labute approximate surface area is 91.2 Å². The summed E-state index contributed by atoms with van der Waals surface area (Å²) in [6.07, 6.45) is 1.46. The van der Waals surface area contributed by atoms with E-state index in [0.29, 0.717) is 6.42 Å². The smallest absolute Gasteiger partial charge is 0.0669 e. The van der Waals surface area contributed by atoms with Crippen molar-refractivity contribution in [3.8, 4) is 6.07 Å². The van der Waals surface area contributed by atoms with Crippen LogP contribution in [0.2, 0.25) is 0 Å². The quantitative estimate of drug-likeness (QED) is 0.741. The van der Waals surface area contributed by atoms with Crippen LogP contribution in [0, 0.1) is 11.3 Å². The Kier molecular flexibility index (Phi) is 4.43. The van der Waals surface area contributed by atoms with Gasteiger partial charge in [0.15, 0.2) is 0 Å². The van der Waals surface area contributed by atoms with Crippen molar-refractivity contribution in [3.63, 3.8) is 0 Å². The second-order valence-electron chi connectivity index (χ2n) is 3.67. The van der Waals surface area contributed by atoms with Crippen molar-refractivity contribution >= 4 is 5.69 Å². The molecule has 0 aromatic heterocycles. The van der Waals surface area contributed by atoms with Crippen LogP contribution in [-0.4, -0.2) is 6.54 Å². The zero-order valence-corrected chi connectivity index (χ0v) is 9.09. The van der Waals surface area contributed by atoms with Crippen LogP contribution in [0.3, 0.4) is 0 Å². The Balaban J connectivity index is 2.43. The highest BCUT2D eigenvalue weighted by Crippen LogP contribution is 2.10. The minimum atomic E-state index is 0.478. The molecule has 1 aromatic rings. The fourth-order valence-corrected chi connectivity index (χ4v) is 1.25. The van der Waals surface area contributed by atoms with E-state index in [4.69, 9.17) is 5.26 Å². The molecule has 0 unspecified atom stereocenters. The van der Waals surface area contributed by atoms with Crippen molar-refractivity contribution in [2.45, 2.75) is 19.8 Å². The number of nitrogens with one attached hydrogen (secondary N) is 1. The molecule has 1 rings (SSSR count). The topological polar surface area (TPSA) is 35.8 Å². The number of benzene rings is 1. The van der Waals surface area contributed by atoms with E-state index in [1.165, 1.54) is 5.57 Å². The summed E-state index contributed by atoms with van der Waals surface area (Å²) in [4.78, 5) is 0. The minimum absolute atomic E-state index is 0.478. The van der Waals surface area contributed by atoms with E-state index in [2.05, 4.69) is 18.0 Å². The number of nitriles is 1. The first-order valence-electron chi connectivity index (χ1n) is 5.06. The van der Waals surface area contributed by atoms with Crippen LogP contribution >= 0.6 is 0 Å². The van der Waals surface area contributed by atoms with Gasteiger partial charge in [-0.1, -0.05) is 17.7 Å². The summed E-state index contributed by atoms with van der Waals surface area (Å²) in [5, 5.41) is 11.8. The highest BCUT2D eigenvalue weighted by atomic mass is 14.9. The molecule has 1 N–H and O–H groups in total. The summed E-state index contributed by atoms with van der Waals surface area (Å²) in [7, 11) is 0. The van der Waals surface area contributed by atoms with Crippen molar-refractivity contribution in [1.29, 1.82) is 5.26 Å². The molecule has 0 saturated heterocycles. The number of hydrogen-bond acceptors (Lipinski definition) is 2. The van der Waals surface area contributed by atoms with Crippen molar-refractivity contribution in [2.75, 3.05) is 11.9 Å². The molecule has 0 bridgehead atoms. The molecule has 0 fully saturated rings. The van der Waals surface area contributed by atoms with Gasteiger partial charge in [-0.3, -0.25) is 0 Å². The second-order valence-corrected chi connectivity index (χ2v) is 3.67. The lowest BCUT2D eigenvalue weighted by Crippen LogP contribution is -2.01. The Morgan fingerprint density at radius 2 is 2.07 bits per heavy atom. The van der Waals surface area contributed by atoms with E-state index in [9.17, 15) is 0 Å². The van der Waals surface area contributed by atoms with E-state index in [1.54, 1.807) is 0 Å². The van der Waals surface area contributed by atoms with E-state index in [1.807, 2.05) is 31.2 Å². The van der Waals surface area contributed by atoms with Gasteiger partial charge in [-0.25, -0.2) is 0 Å². The van der Waals surface area contributed by atoms with Crippen LogP contribution in [-0.2, 0) is 6.42 Å². The lowest BCUT2D eigenvalue weighted by molar-refractivity contribution is 1.00. The summed E-state index contributed by atoms with van der Waals surface area (Å²) in [6, 6.07) is 10.1. The number of anilines is 1. The molecule has 0 saturated carbocycles. The summed E-state index contributed by atoms with van der Waals surface area (Å²) in [5.74, 6) is 0. The molecule has 0 aliphatic rings. The molecule has 0 aliphatic carbocycles. The third kappa shape index (κ3) is 4.33. The van der Waals surface area contributed by atoms with Crippen LogP contribution in [0.15, 0.2) is 36.4 Å². The van der Waals surface area contributed by atoms with Gasteiger partial charge in [0.05, 0.1) is 12.5 Å². The predicted molar refractivity (Wildman–Crippen MR) is 63.7 cm³/mol. The maximum absolute atomic E-state index is 8.52. The van der Waals surface area contributed by atoms with E-state index < -0.39 is 0 Å². The minimum Gasteiger partial charge on any atom is -0.385 e. The first-order valence-corrected chi connectivity index (χ1v) is 5.06. The van der Waals surface area contributed by atoms with Gasteiger partial charge in [0.25, 0.3) is 0 Å². The predicted octanol–water partition coefficient (Wildman–Crippen LogP) is 3.13. The average Bonchev–Trinajstić information content (AvgIpc) is 2.20. The van der Waals surface area contributed by atoms with E-state index in [-0.39, 0.29) is 0 Å².